The van der Waals surface area contributed by atoms with Crippen LogP contribution in [0.5, 0.6) is 0 Å². The van der Waals surface area contributed by atoms with Crippen LogP contribution in [0.1, 0.15) is 26.0 Å². The molecular formula is C17H22F3N7O2. The van der Waals surface area contributed by atoms with Crippen LogP contribution in [0.4, 0.5) is 35.5 Å². The highest BCUT2D eigenvalue weighted by Gasteiger charge is 2.51. The Bertz CT molecular complexity index is 855. The molecule has 1 amide bonds. The fraction of sp³-hybridized carbons (Fsp3) is 0.529. The molecule has 3 heterocycles. The van der Waals surface area contributed by atoms with Crippen molar-refractivity contribution in [2.24, 2.45) is 0 Å². The predicted octanol–water partition coefficient (Wildman–Crippen LogP) is 2.90. The van der Waals surface area contributed by atoms with E-state index >= 15 is 0 Å². The molecule has 9 nitrogen and oxygen atoms in total. The van der Waals surface area contributed by atoms with E-state index in [2.05, 4.69) is 35.5 Å². The summed E-state index contributed by atoms with van der Waals surface area (Å²) in [4.78, 5) is 22.6. The number of anilines is 3. The first-order valence-corrected chi connectivity index (χ1v) is 8.97. The predicted molar refractivity (Wildman–Crippen MR) is 99.0 cm³/mol. The number of aryl methyl sites for hydroxylation is 1. The minimum Gasteiger partial charge on any atom is -0.434 e. The second-order valence-corrected chi connectivity index (χ2v) is 7.26. The van der Waals surface area contributed by atoms with Crippen LogP contribution in [0.15, 0.2) is 18.3 Å². The van der Waals surface area contributed by atoms with Gasteiger partial charge in [-0.3, -0.25) is 5.10 Å². The Labute approximate surface area is 165 Å². The average Bonchev–Trinajstić information content (AvgIpc) is 3.24. The molecule has 29 heavy (non-hydrogen) atoms. The number of alkyl halides is 3. The van der Waals surface area contributed by atoms with Crippen molar-refractivity contribution in [2.45, 2.75) is 45.0 Å². The molecule has 12 heteroatoms. The van der Waals surface area contributed by atoms with Gasteiger partial charge in [-0.15, -0.1) is 0 Å². The number of amides is 1. The first-order chi connectivity index (χ1) is 13.5. The fourth-order valence-electron chi connectivity index (χ4n) is 2.77. The molecule has 1 saturated heterocycles. The molecule has 0 aliphatic carbocycles. The van der Waals surface area contributed by atoms with E-state index in [4.69, 9.17) is 0 Å². The Kier molecular flexibility index (Phi) is 5.53. The number of carbonyl (C=O) groups is 1. The van der Waals surface area contributed by atoms with Gasteiger partial charge in [0.25, 0.3) is 0 Å². The van der Waals surface area contributed by atoms with E-state index in [0.29, 0.717) is 37.1 Å². The normalized spacial score (nSPS) is 17.3. The zero-order chi connectivity index (χ0) is 21.2. The number of ether oxygens (including phenoxy) is 1. The Balaban J connectivity index is 1.61. The van der Waals surface area contributed by atoms with Gasteiger partial charge in [0, 0.05) is 30.9 Å². The van der Waals surface area contributed by atoms with Crippen LogP contribution in [0.2, 0.25) is 0 Å². The molecule has 0 aromatic carbocycles. The van der Waals surface area contributed by atoms with Crippen LogP contribution in [-0.4, -0.2) is 57.2 Å². The first-order valence-electron chi connectivity index (χ1n) is 8.97. The molecule has 1 atom stereocenters. The van der Waals surface area contributed by atoms with E-state index < -0.39 is 17.9 Å². The summed E-state index contributed by atoms with van der Waals surface area (Å²) >= 11 is 0. The summed E-state index contributed by atoms with van der Waals surface area (Å²) in [6.45, 7) is 4.34. The quantitative estimate of drug-likeness (QED) is 0.692. The minimum atomic E-state index is -4.65. The molecule has 0 radical (unpaired) electrons. The van der Waals surface area contributed by atoms with E-state index in [1.807, 2.05) is 11.8 Å². The summed E-state index contributed by atoms with van der Waals surface area (Å²) in [6.07, 6.45) is -3.62. The first kappa shape index (κ1) is 20.7. The maximum absolute atomic E-state index is 12.9. The van der Waals surface area contributed by atoms with Gasteiger partial charge in [-0.2, -0.15) is 23.3 Å². The Morgan fingerprint density at radius 1 is 1.34 bits per heavy atom. The number of alkyl carbamates (subject to hydrolysis) is 1. The highest BCUT2D eigenvalue weighted by Crippen LogP contribution is 2.33. The summed E-state index contributed by atoms with van der Waals surface area (Å²) in [6, 6.07) is 3.15. The van der Waals surface area contributed by atoms with Crippen molar-refractivity contribution in [3.05, 3.63) is 24.0 Å². The fourth-order valence-corrected chi connectivity index (χ4v) is 2.77. The molecule has 1 aliphatic heterocycles. The molecule has 3 rings (SSSR count). The van der Waals surface area contributed by atoms with Crippen molar-refractivity contribution < 1.29 is 22.7 Å². The van der Waals surface area contributed by atoms with E-state index in [9.17, 15) is 18.0 Å². The number of hydrogen-bond donors (Lipinski definition) is 3. The topological polar surface area (TPSA) is 108 Å². The van der Waals surface area contributed by atoms with Gasteiger partial charge < -0.3 is 20.3 Å². The van der Waals surface area contributed by atoms with Gasteiger partial charge in [-0.25, -0.2) is 9.78 Å². The largest absolute Gasteiger partial charge is 0.434 e. The van der Waals surface area contributed by atoms with Crippen molar-refractivity contribution in [3.63, 3.8) is 0 Å². The van der Waals surface area contributed by atoms with Crippen molar-refractivity contribution in [3.8, 4) is 0 Å². The van der Waals surface area contributed by atoms with Crippen LogP contribution in [-0.2, 0) is 4.74 Å². The highest BCUT2D eigenvalue weighted by atomic mass is 19.4. The summed E-state index contributed by atoms with van der Waals surface area (Å²) in [5, 5.41) is 12.2. The molecule has 0 bridgehead atoms. The van der Waals surface area contributed by atoms with E-state index in [1.165, 1.54) is 0 Å². The molecule has 1 fully saturated rings. The lowest BCUT2D eigenvalue weighted by atomic mass is 10.1. The van der Waals surface area contributed by atoms with Gasteiger partial charge in [0.2, 0.25) is 11.5 Å². The van der Waals surface area contributed by atoms with Crippen LogP contribution in [0.25, 0.3) is 0 Å². The van der Waals surface area contributed by atoms with Gasteiger partial charge >= 0.3 is 12.3 Å². The highest BCUT2D eigenvalue weighted by molar-refractivity contribution is 5.68. The molecule has 3 N–H and O–H groups in total. The van der Waals surface area contributed by atoms with Crippen LogP contribution in [0, 0.1) is 6.92 Å². The lowest BCUT2D eigenvalue weighted by Crippen LogP contribution is -2.48. The zero-order valence-corrected chi connectivity index (χ0v) is 16.2. The third-order valence-electron chi connectivity index (χ3n) is 4.43. The minimum absolute atomic E-state index is 0.356. The number of nitrogens with one attached hydrogen (secondary N) is 3. The van der Waals surface area contributed by atoms with Gasteiger partial charge in [0.15, 0.2) is 0 Å². The number of halogens is 3. The van der Waals surface area contributed by atoms with Crippen molar-refractivity contribution in [2.75, 3.05) is 23.3 Å². The van der Waals surface area contributed by atoms with Gasteiger partial charge in [0.1, 0.15) is 11.6 Å². The molecule has 158 valence electrons. The summed E-state index contributed by atoms with van der Waals surface area (Å²) < 4.78 is 43.1. The molecule has 2 aromatic heterocycles. The molecule has 0 saturated carbocycles. The SMILES string of the molecule is Cc1cc(Nc2ccn[nH]2)nc(N2CC[C@H](NC(=O)OC(C)(C)C(F)(F)F)C2)n1. The van der Waals surface area contributed by atoms with Crippen molar-refractivity contribution in [1.29, 1.82) is 0 Å². The monoisotopic (exact) mass is 413 g/mol. The number of aromatic amines is 1. The lowest BCUT2D eigenvalue weighted by molar-refractivity contribution is -0.244. The molecule has 1 aliphatic rings. The maximum Gasteiger partial charge on any atom is 0.427 e. The maximum atomic E-state index is 12.9. The van der Waals surface area contributed by atoms with Gasteiger partial charge in [0.05, 0.1) is 12.2 Å². The zero-order valence-electron chi connectivity index (χ0n) is 16.2. The van der Waals surface area contributed by atoms with Crippen molar-refractivity contribution >= 4 is 23.7 Å². The van der Waals surface area contributed by atoms with E-state index in [0.717, 1.165) is 19.5 Å². The summed E-state index contributed by atoms with van der Waals surface area (Å²) in [5.74, 6) is 1.70. The Hall–Kier alpha value is -3.05. The average molecular weight is 413 g/mol. The summed E-state index contributed by atoms with van der Waals surface area (Å²) in [5.41, 5.74) is -1.83. The molecular weight excluding hydrogens is 391 g/mol. The van der Waals surface area contributed by atoms with Gasteiger partial charge in [-0.05, 0) is 27.2 Å². The van der Waals surface area contributed by atoms with Gasteiger partial charge in [-0.1, -0.05) is 0 Å². The lowest BCUT2D eigenvalue weighted by Gasteiger charge is -2.28. The van der Waals surface area contributed by atoms with E-state index in [-0.39, 0.29) is 6.04 Å². The molecule has 0 unspecified atom stereocenters. The number of nitrogens with zero attached hydrogens (tertiary/aromatic N) is 4. The van der Waals surface area contributed by atoms with Crippen molar-refractivity contribution in [1.82, 2.24) is 25.5 Å². The number of hydrogen-bond acceptors (Lipinski definition) is 7. The number of H-pyrrole nitrogens is 1. The summed E-state index contributed by atoms with van der Waals surface area (Å²) in [7, 11) is 0. The number of aromatic nitrogens is 4. The number of rotatable bonds is 5. The van der Waals surface area contributed by atoms with Crippen LogP contribution >= 0.6 is 0 Å². The van der Waals surface area contributed by atoms with Crippen LogP contribution in [0.3, 0.4) is 0 Å². The second-order valence-electron chi connectivity index (χ2n) is 7.26. The third-order valence-corrected chi connectivity index (χ3v) is 4.43. The Morgan fingerprint density at radius 3 is 2.76 bits per heavy atom. The number of carbonyl (C=O) groups excluding carboxylic acids is 1. The van der Waals surface area contributed by atoms with Crippen LogP contribution < -0.4 is 15.5 Å². The smallest absolute Gasteiger partial charge is 0.427 e. The molecule has 0 spiro atoms. The van der Waals surface area contributed by atoms with E-state index in [1.54, 1.807) is 18.3 Å². The second kappa shape index (κ2) is 7.76. The standard InChI is InChI=1S/C17H22F3N7O2/c1-10-8-13(24-12-4-6-21-26-12)25-14(22-10)27-7-5-11(9-27)23-15(28)29-16(2,3)17(18,19)20/h4,6,8,11H,5,7,9H2,1-3H3,(H,23,28)(H2,21,22,24,25,26)/t11-/m0/s1. The third kappa shape index (κ3) is 5.06. The Morgan fingerprint density at radius 2 is 2.10 bits per heavy atom. The molecule has 2 aromatic rings.